The van der Waals surface area contributed by atoms with Gasteiger partial charge in [-0.05, 0) is 30.9 Å². The van der Waals surface area contributed by atoms with Gasteiger partial charge in [0.05, 0.1) is 10.6 Å². The van der Waals surface area contributed by atoms with Crippen LogP contribution in [0, 0.1) is 11.8 Å². The summed E-state index contributed by atoms with van der Waals surface area (Å²) in [5.41, 5.74) is 4.14. The van der Waals surface area contributed by atoms with Crippen LogP contribution >= 0.6 is 11.6 Å². The summed E-state index contributed by atoms with van der Waals surface area (Å²) in [6.45, 7) is 0. The number of allylic oxidation sites excluding steroid dienone is 2. The number of benzene rings is 1. The fraction of sp³-hybridized carbons (Fsp3) is 0.286. The normalized spacial score (nSPS) is 26.8. The van der Waals surface area contributed by atoms with Crippen molar-refractivity contribution in [2.24, 2.45) is 16.9 Å². The van der Waals surface area contributed by atoms with E-state index >= 15 is 0 Å². The molecule has 1 N–H and O–H groups in total. The minimum Gasteiger partial charge on any atom is -0.267 e. The van der Waals surface area contributed by atoms with Crippen molar-refractivity contribution in [2.45, 2.75) is 12.8 Å². The molecular weight excluding hydrogens is 248 g/mol. The summed E-state index contributed by atoms with van der Waals surface area (Å²) in [4.78, 5) is 11.9. The molecule has 2 atom stereocenters. The van der Waals surface area contributed by atoms with Gasteiger partial charge in [-0.15, -0.1) is 0 Å². The molecule has 1 fully saturated rings. The number of nitrogens with zero attached hydrogens (tertiary/aromatic N) is 1. The zero-order valence-electron chi connectivity index (χ0n) is 9.77. The minimum atomic E-state index is -0.248. The maximum Gasteiger partial charge on any atom is 0.272 e. The number of halogens is 1. The van der Waals surface area contributed by atoms with Gasteiger partial charge in [-0.25, -0.2) is 5.43 Å². The molecule has 18 heavy (non-hydrogen) atoms. The van der Waals surface area contributed by atoms with Crippen molar-refractivity contribution >= 4 is 23.2 Å². The van der Waals surface area contributed by atoms with Crippen LogP contribution in [0.25, 0.3) is 0 Å². The highest BCUT2D eigenvalue weighted by atomic mass is 35.5. The quantitative estimate of drug-likeness (QED) is 0.645. The first kappa shape index (κ1) is 11.5. The van der Waals surface area contributed by atoms with Crippen LogP contribution in [0.3, 0.4) is 0 Å². The summed E-state index contributed by atoms with van der Waals surface area (Å²) in [6.07, 6.45) is 6.43. The van der Waals surface area contributed by atoms with E-state index in [-0.39, 0.29) is 5.91 Å². The lowest BCUT2D eigenvalue weighted by Crippen LogP contribution is -2.35. The standard InChI is InChI=1S/C14H13ClN2O/c15-12-7-2-1-5-11(12)14(18)17-16-13-8-9-4-3-6-10(9)13/h1-5,7,9-10H,6,8H2,(H,17,18)/b16-13-. The molecule has 0 radical (unpaired) electrons. The third-order valence-corrected chi connectivity index (χ3v) is 3.91. The predicted molar refractivity (Wildman–Crippen MR) is 71.7 cm³/mol. The van der Waals surface area contributed by atoms with Gasteiger partial charge in [0.25, 0.3) is 5.91 Å². The van der Waals surface area contributed by atoms with Crippen LogP contribution < -0.4 is 5.43 Å². The first-order chi connectivity index (χ1) is 8.75. The maximum absolute atomic E-state index is 11.9. The topological polar surface area (TPSA) is 41.5 Å². The van der Waals surface area contributed by atoms with Crippen LogP contribution in [-0.4, -0.2) is 11.6 Å². The van der Waals surface area contributed by atoms with Crippen LogP contribution in [0.1, 0.15) is 23.2 Å². The average molecular weight is 261 g/mol. The van der Waals surface area contributed by atoms with Crippen LogP contribution in [0.2, 0.25) is 5.02 Å². The van der Waals surface area contributed by atoms with E-state index < -0.39 is 0 Å². The van der Waals surface area contributed by atoms with E-state index in [9.17, 15) is 4.79 Å². The number of rotatable bonds is 2. The summed E-state index contributed by atoms with van der Waals surface area (Å²) >= 11 is 5.95. The SMILES string of the molecule is O=C(N/N=C1/CC2C=CCC12)c1ccccc1Cl. The molecule has 0 spiro atoms. The Morgan fingerprint density at radius 2 is 2.22 bits per heavy atom. The summed E-state index contributed by atoms with van der Waals surface area (Å²) < 4.78 is 0. The largest absolute Gasteiger partial charge is 0.272 e. The van der Waals surface area contributed by atoms with Crippen molar-refractivity contribution < 1.29 is 4.79 Å². The molecule has 2 aliphatic rings. The fourth-order valence-corrected chi connectivity index (χ4v) is 2.71. The van der Waals surface area contributed by atoms with Crippen molar-refractivity contribution in [1.82, 2.24) is 5.43 Å². The molecule has 1 aromatic carbocycles. The first-order valence-corrected chi connectivity index (χ1v) is 6.41. The molecule has 0 heterocycles. The molecular formula is C14H13ClN2O. The molecule has 1 amide bonds. The number of fused-ring (bicyclic) bond motifs is 1. The van der Waals surface area contributed by atoms with Crippen LogP contribution in [0.5, 0.6) is 0 Å². The molecule has 0 saturated heterocycles. The van der Waals surface area contributed by atoms with Gasteiger partial charge in [-0.1, -0.05) is 35.9 Å². The van der Waals surface area contributed by atoms with Crippen molar-refractivity contribution in [2.75, 3.05) is 0 Å². The van der Waals surface area contributed by atoms with Crippen LogP contribution in [0.4, 0.5) is 0 Å². The summed E-state index contributed by atoms with van der Waals surface area (Å²) in [5.74, 6) is 0.903. The van der Waals surface area contributed by atoms with Crippen molar-refractivity contribution in [3.63, 3.8) is 0 Å². The van der Waals surface area contributed by atoms with Crippen LogP contribution in [0.15, 0.2) is 41.5 Å². The monoisotopic (exact) mass is 260 g/mol. The molecule has 3 rings (SSSR count). The molecule has 4 heteroatoms. The summed E-state index contributed by atoms with van der Waals surface area (Å²) in [6, 6.07) is 6.97. The van der Waals surface area contributed by atoms with Gasteiger partial charge in [0, 0.05) is 11.6 Å². The van der Waals surface area contributed by atoms with Gasteiger partial charge in [-0.2, -0.15) is 5.10 Å². The Hall–Kier alpha value is -1.61. The van der Waals surface area contributed by atoms with E-state index in [2.05, 4.69) is 22.7 Å². The van der Waals surface area contributed by atoms with E-state index in [0.717, 1.165) is 18.6 Å². The lowest BCUT2D eigenvalue weighted by atomic mass is 9.74. The van der Waals surface area contributed by atoms with E-state index in [4.69, 9.17) is 11.6 Å². The second-order valence-corrected chi connectivity index (χ2v) is 5.07. The number of hydrazone groups is 1. The van der Waals surface area contributed by atoms with Gasteiger partial charge < -0.3 is 0 Å². The highest BCUT2D eigenvalue weighted by molar-refractivity contribution is 6.33. The molecule has 1 saturated carbocycles. The lowest BCUT2D eigenvalue weighted by Gasteiger charge is -2.31. The molecule has 0 aromatic heterocycles. The summed E-state index contributed by atoms with van der Waals surface area (Å²) in [5, 5.41) is 4.66. The minimum absolute atomic E-state index is 0.248. The Labute approximate surface area is 111 Å². The van der Waals surface area contributed by atoms with Gasteiger partial charge in [0.1, 0.15) is 0 Å². The first-order valence-electron chi connectivity index (χ1n) is 6.03. The molecule has 0 bridgehead atoms. The fourth-order valence-electron chi connectivity index (χ4n) is 2.49. The van der Waals surface area contributed by atoms with Crippen molar-refractivity contribution in [3.05, 3.63) is 47.0 Å². The summed E-state index contributed by atoms with van der Waals surface area (Å²) in [7, 11) is 0. The highest BCUT2D eigenvalue weighted by Crippen LogP contribution is 2.40. The molecule has 2 unspecified atom stereocenters. The Kier molecular flexibility index (Phi) is 2.92. The Morgan fingerprint density at radius 3 is 3.00 bits per heavy atom. The van der Waals surface area contributed by atoms with Gasteiger partial charge in [0.2, 0.25) is 0 Å². The number of carbonyl (C=O) groups excluding carboxylic acids is 1. The number of hydrogen-bond donors (Lipinski definition) is 1. The molecule has 92 valence electrons. The van der Waals surface area contributed by atoms with Gasteiger partial charge in [-0.3, -0.25) is 4.79 Å². The van der Waals surface area contributed by atoms with E-state index in [1.807, 2.05) is 0 Å². The second-order valence-electron chi connectivity index (χ2n) is 4.66. The Morgan fingerprint density at radius 1 is 1.39 bits per heavy atom. The molecule has 1 aromatic rings. The average Bonchev–Trinajstić information content (AvgIpc) is 2.71. The highest BCUT2D eigenvalue weighted by Gasteiger charge is 2.38. The van der Waals surface area contributed by atoms with Gasteiger partial charge in [0.15, 0.2) is 0 Å². The second kappa shape index (κ2) is 4.58. The van der Waals surface area contributed by atoms with E-state index in [1.165, 1.54) is 0 Å². The van der Waals surface area contributed by atoms with E-state index in [1.54, 1.807) is 24.3 Å². The maximum atomic E-state index is 11.9. The third kappa shape index (κ3) is 1.95. The smallest absolute Gasteiger partial charge is 0.267 e. The van der Waals surface area contributed by atoms with Crippen molar-refractivity contribution in [3.8, 4) is 0 Å². The Bertz CT molecular complexity index is 550. The third-order valence-electron chi connectivity index (χ3n) is 3.58. The van der Waals surface area contributed by atoms with Gasteiger partial charge >= 0.3 is 0 Å². The zero-order chi connectivity index (χ0) is 12.5. The number of hydrogen-bond acceptors (Lipinski definition) is 2. The van der Waals surface area contributed by atoms with Crippen molar-refractivity contribution in [1.29, 1.82) is 0 Å². The Balaban J connectivity index is 1.66. The molecule has 3 nitrogen and oxygen atoms in total. The zero-order valence-corrected chi connectivity index (χ0v) is 10.5. The molecule has 2 aliphatic carbocycles. The molecule has 0 aliphatic heterocycles. The predicted octanol–water partition coefficient (Wildman–Crippen LogP) is 3.02. The van der Waals surface area contributed by atoms with Crippen LogP contribution in [-0.2, 0) is 0 Å². The van der Waals surface area contributed by atoms with E-state index in [0.29, 0.717) is 22.4 Å². The number of nitrogens with one attached hydrogen (secondary N) is 1. The lowest BCUT2D eigenvalue weighted by molar-refractivity contribution is 0.0954. The number of carbonyl (C=O) groups is 1. The number of amides is 1.